The van der Waals surface area contributed by atoms with Crippen molar-refractivity contribution < 1.29 is 29.6 Å². The molecule has 0 bridgehead atoms. The lowest BCUT2D eigenvalue weighted by molar-refractivity contribution is -0.137. The Hall–Kier alpha value is -1.63. The van der Waals surface area contributed by atoms with Crippen LogP contribution in [-0.2, 0) is 11.2 Å². The fraction of sp³-hybridized carbons (Fsp3) is 0.667. The molecular weight excluding hydrogens is 348 g/mol. The van der Waals surface area contributed by atoms with Crippen LogP contribution in [0.1, 0.15) is 56.9 Å². The van der Waals surface area contributed by atoms with Crippen molar-refractivity contribution in [2.45, 2.75) is 76.1 Å². The molecule has 4 unspecified atom stereocenters. The van der Waals surface area contributed by atoms with Gasteiger partial charge >= 0.3 is 5.97 Å². The van der Waals surface area contributed by atoms with Crippen molar-refractivity contribution in [2.24, 2.45) is 11.8 Å². The molecule has 1 heterocycles. The highest BCUT2D eigenvalue weighted by molar-refractivity contribution is 5.66. The first-order chi connectivity index (χ1) is 13.0. The van der Waals surface area contributed by atoms with Crippen molar-refractivity contribution in [3.63, 3.8) is 0 Å². The van der Waals surface area contributed by atoms with Gasteiger partial charge in [-0.3, -0.25) is 4.79 Å². The van der Waals surface area contributed by atoms with Crippen molar-refractivity contribution in [3.05, 3.63) is 36.3 Å². The number of rotatable bonds is 12. The summed E-state index contributed by atoms with van der Waals surface area (Å²) >= 11 is 0. The molecule has 4 N–H and O–H groups in total. The Kier molecular flexibility index (Phi) is 9.04. The van der Waals surface area contributed by atoms with Gasteiger partial charge in [0, 0.05) is 6.42 Å². The number of aliphatic carboxylic acids is 1. The third kappa shape index (κ3) is 7.48. The number of carboxylic acid groups (broad SMARTS) is 1. The van der Waals surface area contributed by atoms with E-state index in [-0.39, 0.29) is 18.3 Å². The minimum absolute atomic E-state index is 0.0169. The fourth-order valence-corrected chi connectivity index (χ4v) is 3.95. The number of carbonyl (C=O) groups is 1. The van der Waals surface area contributed by atoms with Gasteiger partial charge in [0.25, 0.3) is 0 Å². The molecule has 0 saturated heterocycles. The second-order valence-electron chi connectivity index (χ2n) is 7.59. The van der Waals surface area contributed by atoms with Gasteiger partial charge in [-0.1, -0.05) is 12.2 Å². The number of hydrogen-bond acceptors (Lipinski definition) is 5. The molecule has 1 aromatic heterocycles. The molecule has 1 fully saturated rings. The van der Waals surface area contributed by atoms with Crippen LogP contribution in [0, 0.1) is 11.8 Å². The van der Waals surface area contributed by atoms with E-state index in [1.165, 1.54) is 0 Å². The first-order valence-electron chi connectivity index (χ1n) is 9.89. The van der Waals surface area contributed by atoms with Crippen LogP contribution in [0.15, 0.2) is 35.2 Å². The normalized spacial score (nSPS) is 26.6. The number of allylic oxidation sites excluding steroid dienone is 2. The summed E-state index contributed by atoms with van der Waals surface area (Å²) in [5, 5.41) is 39.4. The molecule has 2 rings (SSSR count). The van der Waals surface area contributed by atoms with Gasteiger partial charge in [0.05, 0.1) is 30.8 Å². The predicted molar refractivity (Wildman–Crippen MR) is 101 cm³/mol. The number of aliphatic hydroxyl groups is 3. The van der Waals surface area contributed by atoms with Crippen LogP contribution in [0.3, 0.4) is 0 Å². The lowest BCUT2D eigenvalue weighted by Gasteiger charge is -2.23. The third-order valence-electron chi connectivity index (χ3n) is 5.54. The molecular formula is C21H32O6. The van der Waals surface area contributed by atoms with Gasteiger partial charge in [0.15, 0.2) is 0 Å². The lowest BCUT2D eigenvalue weighted by atomic mass is 9.85. The largest absolute Gasteiger partial charge is 0.481 e. The van der Waals surface area contributed by atoms with E-state index in [0.717, 1.165) is 12.0 Å². The predicted octanol–water partition coefficient (Wildman–Crippen LogP) is 2.91. The highest BCUT2D eigenvalue weighted by Crippen LogP contribution is 2.38. The van der Waals surface area contributed by atoms with Gasteiger partial charge < -0.3 is 24.8 Å². The van der Waals surface area contributed by atoms with Gasteiger partial charge in [-0.25, -0.2) is 0 Å². The molecule has 1 aromatic rings. The van der Waals surface area contributed by atoms with E-state index in [4.69, 9.17) is 9.52 Å². The van der Waals surface area contributed by atoms with Gasteiger partial charge in [-0.2, -0.15) is 0 Å². The maximum atomic E-state index is 10.5. The number of furan rings is 1. The van der Waals surface area contributed by atoms with Crippen LogP contribution >= 0.6 is 0 Å². The van der Waals surface area contributed by atoms with Crippen LogP contribution < -0.4 is 0 Å². The lowest BCUT2D eigenvalue weighted by Crippen LogP contribution is -2.23. The zero-order valence-corrected chi connectivity index (χ0v) is 15.7. The zero-order chi connectivity index (χ0) is 19.6. The average Bonchev–Trinajstić information content (AvgIpc) is 3.22. The maximum Gasteiger partial charge on any atom is 0.303 e. The number of aliphatic hydroxyl groups excluding tert-OH is 3. The molecule has 0 amide bonds. The van der Waals surface area contributed by atoms with Crippen LogP contribution in [0.5, 0.6) is 0 Å². The molecule has 6 nitrogen and oxygen atoms in total. The molecule has 0 aromatic carbocycles. The monoisotopic (exact) mass is 380 g/mol. The van der Waals surface area contributed by atoms with E-state index in [2.05, 4.69) is 0 Å². The average molecular weight is 380 g/mol. The summed E-state index contributed by atoms with van der Waals surface area (Å²) in [6.07, 6.45) is 11.0. The quantitative estimate of drug-likeness (QED) is 0.328. The summed E-state index contributed by atoms with van der Waals surface area (Å²) in [4.78, 5) is 10.5. The number of aryl methyl sites for hydroxylation is 1. The minimum atomic E-state index is -0.788. The molecule has 1 aliphatic carbocycles. The van der Waals surface area contributed by atoms with Crippen LogP contribution in [-0.4, -0.2) is 44.7 Å². The van der Waals surface area contributed by atoms with Gasteiger partial charge in [0.2, 0.25) is 0 Å². The topological polar surface area (TPSA) is 111 Å². The molecule has 27 heavy (non-hydrogen) atoms. The van der Waals surface area contributed by atoms with Crippen molar-refractivity contribution in [3.8, 4) is 0 Å². The molecule has 1 saturated carbocycles. The van der Waals surface area contributed by atoms with Crippen molar-refractivity contribution in [1.82, 2.24) is 0 Å². The molecule has 1 aliphatic rings. The van der Waals surface area contributed by atoms with E-state index < -0.39 is 24.3 Å². The first kappa shape index (κ1) is 21.7. The van der Waals surface area contributed by atoms with E-state index in [9.17, 15) is 20.1 Å². The van der Waals surface area contributed by atoms with Gasteiger partial charge in [0.1, 0.15) is 0 Å². The Labute approximate surface area is 160 Å². The first-order valence-corrected chi connectivity index (χ1v) is 9.89. The minimum Gasteiger partial charge on any atom is -0.481 e. The van der Waals surface area contributed by atoms with Crippen molar-refractivity contribution >= 4 is 5.97 Å². The summed E-state index contributed by atoms with van der Waals surface area (Å²) in [6.45, 7) is 0. The second kappa shape index (κ2) is 11.3. The Morgan fingerprint density at radius 2 is 2.00 bits per heavy atom. The number of hydrogen-bond donors (Lipinski definition) is 4. The standard InChI is InChI=1S/C21H32O6/c22-16(8-7-15-11-12-27-14-15)9-10-18-17(19(23)13-20(18)24)5-3-1-2-4-6-21(25)26/h1,3,11-12,14,16-20,22-24H,2,4-10,13H2,(H,25,26)/b3-1-/t16?,17?,18?,19?,20-/m1/s1. The summed E-state index contributed by atoms with van der Waals surface area (Å²) in [7, 11) is 0. The molecule has 0 spiro atoms. The van der Waals surface area contributed by atoms with Crippen LogP contribution in [0.25, 0.3) is 0 Å². The van der Waals surface area contributed by atoms with Crippen molar-refractivity contribution in [2.75, 3.05) is 0 Å². The summed E-state index contributed by atoms with van der Waals surface area (Å²) in [5.41, 5.74) is 1.07. The van der Waals surface area contributed by atoms with Crippen LogP contribution in [0.2, 0.25) is 0 Å². The zero-order valence-electron chi connectivity index (χ0n) is 15.7. The van der Waals surface area contributed by atoms with Gasteiger partial charge in [-0.05, 0) is 74.8 Å². The second-order valence-corrected chi connectivity index (χ2v) is 7.59. The SMILES string of the molecule is O=C(O)CCC/C=C\CC1C(O)C[C@@H](O)C1CCC(O)CCc1ccoc1. The molecule has 0 aliphatic heterocycles. The molecule has 5 atom stereocenters. The molecule has 0 radical (unpaired) electrons. The maximum absolute atomic E-state index is 10.5. The fourth-order valence-electron chi connectivity index (χ4n) is 3.95. The highest BCUT2D eigenvalue weighted by Gasteiger charge is 2.40. The summed E-state index contributed by atoms with van der Waals surface area (Å²) in [6, 6.07) is 1.89. The smallest absolute Gasteiger partial charge is 0.303 e. The number of carboxylic acids is 1. The summed E-state index contributed by atoms with van der Waals surface area (Å²) in [5.74, 6) is -0.826. The van der Waals surface area contributed by atoms with Crippen molar-refractivity contribution in [1.29, 1.82) is 0 Å². The Morgan fingerprint density at radius 1 is 1.22 bits per heavy atom. The molecule has 6 heteroatoms. The van der Waals surface area contributed by atoms with E-state index in [0.29, 0.717) is 44.9 Å². The molecule has 152 valence electrons. The highest BCUT2D eigenvalue weighted by atomic mass is 16.4. The van der Waals surface area contributed by atoms with E-state index in [1.54, 1.807) is 12.5 Å². The van der Waals surface area contributed by atoms with Gasteiger partial charge in [-0.15, -0.1) is 0 Å². The third-order valence-corrected chi connectivity index (χ3v) is 5.54. The Morgan fingerprint density at radius 3 is 2.70 bits per heavy atom. The Balaban J connectivity index is 1.73. The van der Waals surface area contributed by atoms with Crippen LogP contribution in [0.4, 0.5) is 0 Å². The Bertz CT molecular complexity index is 567. The van der Waals surface area contributed by atoms with E-state index in [1.807, 2.05) is 18.2 Å². The summed E-state index contributed by atoms with van der Waals surface area (Å²) < 4.78 is 5.02. The number of unbranched alkanes of at least 4 members (excludes halogenated alkanes) is 1. The van der Waals surface area contributed by atoms with E-state index >= 15 is 0 Å².